The molecular weight excluding hydrogens is 438 g/mol. The van der Waals surface area contributed by atoms with E-state index < -0.39 is 40.8 Å². The molecule has 176 valence electrons. The maximum Gasteiger partial charge on any atom is 0.411 e. The quantitative estimate of drug-likeness (QED) is 0.701. The average Bonchev–Trinajstić information content (AvgIpc) is 3.11. The van der Waals surface area contributed by atoms with Gasteiger partial charge in [-0.15, -0.1) is 0 Å². The van der Waals surface area contributed by atoms with Gasteiger partial charge in [0.05, 0.1) is 19.3 Å². The van der Waals surface area contributed by atoms with Crippen molar-refractivity contribution in [2.45, 2.75) is 44.9 Å². The predicted molar refractivity (Wildman–Crippen MR) is 119 cm³/mol. The second-order valence-electron chi connectivity index (χ2n) is 8.64. The molecule has 2 aliphatic heterocycles. The summed E-state index contributed by atoms with van der Waals surface area (Å²) >= 11 is -1.53. The Kier molecular flexibility index (Phi) is 7.52. The lowest BCUT2D eigenvalue weighted by Gasteiger charge is -2.28. The van der Waals surface area contributed by atoms with Gasteiger partial charge >= 0.3 is 6.09 Å². The minimum absolute atomic E-state index is 0.0481. The van der Waals surface area contributed by atoms with Gasteiger partial charge in [-0.05, 0) is 45.0 Å². The highest BCUT2D eigenvalue weighted by Crippen LogP contribution is 2.26. The molecule has 1 aromatic carbocycles. The Hall–Kier alpha value is -2.50. The van der Waals surface area contributed by atoms with Crippen molar-refractivity contribution < 1.29 is 32.2 Å². The molecule has 0 bridgehead atoms. The standard InChI is InChI=1S/C21H29N3O7S/c1-21(2,3)30-20(27)24-12-16(31-32(4)28)11-17(24)19(26)22-14-5-7-15(8-6-14)23-9-10-29-13-18(23)25/h5-8,16-17H,9-13H2,1-4H3,(H,22,26). The third-order valence-electron chi connectivity index (χ3n) is 4.90. The van der Waals surface area contributed by atoms with Gasteiger partial charge in [-0.25, -0.2) is 9.00 Å². The molecule has 10 nitrogen and oxygen atoms in total. The van der Waals surface area contributed by atoms with Gasteiger partial charge in [-0.2, -0.15) is 0 Å². The Labute approximate surface area is 189 Å². The minimum Gasteiger partial charge on any atom is -0.444 e. The molecule has 3 rings (SSSR count). The molecule has 1 aromatic rings. The Morgan fingerprint density at radius 1 is 1.22 bits per heavy atom. The number of rotatable bonds is 5. The summed E-state index contributed by atoms with van der Waals surface area (Å²) < 4.78 is 27.4. The van der Waals surface area contributed by atoms with Crippen LogP contribution < -0.4 is 10.2 Å². The van der Waals surface area contributed by atoms with E-state index in [1.165, 1.54) is 11.2 Å². The molecule has 32 heavy (non-hydrogen) atoms. The van der Waals surface area contributed by atoms with Gasteiger partial charge in [0.2, 0.25) is 5.91 Å². The molecule has 2 fully saturated rings. The molecule has 0 aromatic heterocycles. The van der Waals surface area contributed by atoms with Crippen LogP contribution >= 0.6 is 0 Å². The third-order valence-corrected chi connectivity index (χ3v) is 5.44. The predicted octanol–water partition coefficient (Wildman–Crippen LogP) is 1.68. The van der Waals surface area contributed by atoms with Crippen molar-refractivity contribution in [1.29, 1.82) is 0 Å². The molecule has 3 amide bonds. The van der Waals surface area contributed by atoms with Crippen LogP contribution in [0.25, 0.3) is 0 Å². The van der Waals surface area contributed by atoms with Gasteiger partial charge in [0, 0.05) is 30.6 Å². The van der Waals surface area contributed by atoms with E-state index in [2.05, 4.69) is 5.32 Å². The average molecular weight is 468 g/mol. The van der Waals surface area contributed by atoms with Crippen molar-refractivity contribution in [1.82, 2.24) is 4.90 Å². The number of ether oxygens (including phenoxy) is 2. The van der Waals surface area contributed by atoms with E-state index in [4.69, 9.17) is 13.7 Å². The van der Waals surface area contributed by atoms with Crippen LogP contribution in [0.15, 0.2) is 24.3 Å². The van der Waals surface area contributed by atoms with Crippen LogP contribution in [0.1, 0.15) is 27.2 Å². The van der Waals surface area contributed by atoms with Crippen LogP contribution in [-0.4, -0.2) is 77.3 Å². The van der Waals surface area contributed by atoms with E-state index in [0.717, 1.165) is 0 Å². The fraction of sp³-hybridized carbons (Fsp3) is 0.571. The van der Waals surface area contributed by atoms with Crippen LogP contribution in [0, 0.1) is 0 Å². The lowest BCUT2D eigenvalue weighted by atomic mass is 10.1. The molecule has 0 radical (unpaired) electrons. The number of hydrogen-bond donors (Lipinski definition) is 1. The Bertz CT molecular complexity index is 884. The van der Waals surface area contributed by atoms with Gasteiger partial charge in [-0.3, -0.25) is 18.7 Å². The fourth-order valence-corrected chi connectivity index (χ4v) is 4.09. The number of amides is 3. The summed E-state index contributed by atoms with van der Waals surface area (Å²) in [5, 5.41) is 2.80. The number of carbonyl (C=O) groups excluding carboxylic acids is 3. The smallest absolute Gasteiger partial charge is 0.411 e. The first-order valence-corrected chi connectivity index (χ1v) is 11.8. The largest absolute Gasteiger partial charge is 0.444 e. The number of morpholine rings is 1. The number of nitrogens with zero attached hydrogens (tertiary/aromatic N) is 2. The van der Waals surface area contributed by atoms with Crippen LogP contribution in [0.3, 0.4) is 0 Å². The van der Waals surface area contributed by atoms with Crippen molar-refractivity contribution in [2.24, 2.45) is 0 Å². The van der Waals surface area contributed by atoms with Crippen molar-refractivity contribution in [3.63, 3.8) is 0 Å². The highest BCUT2D eigenvalue weighted by Gasteiger charge is 2.42. The van der Waals surface area contributed by atoms with Crippen LogP contribution in [0.5, 0.6) is 0 Å². The number of carbonyl (C=O) groups is 3. The zero-order chi connectivity index (χ0) is 23.5. The van der Waals surface area contributed by atoms with Gasteiger partial charge in [-0.1, -0.05) is 0 Å². The molecule has 0 spiro atoms. The van der Waals surface area contributed by atoms with Gasteiger partial charge in [0.25, 0.3) is 5.91 Å². The van der Waals surface area contributed by atoms with E-state index >= 15 is 0 Å². The van der Waals surface area contributed by atoms with Gasteiger partial charge in [0.1, 0.15) is 18.2 Å². The SMILES string of the molecule is CS(=O)OC1CC(C(=O)Nc2ccc(N3CCOCC3=O)cc2)N(C(=O)OC(C)(C)C)C1. The highest BCUT2D eigenvalue weighted by atomic mass is 32.2. The molecular formula is C21H29N3O7S. The van der Waals surface area contributed by atoms with Crippen molar-refractivity contribution in [3.8, 4) is 0 Å². The summed E-state index contributed by atoms with van der Waals surface area (Å²) in [6.07, 6.45) is 0.419. The van der Waals surface area contributed by atoms with E-state index in [-0.39, 0.29) is 25.5 Å². The van der Waals surface area contributed by atoms with E-state index in [1.54, 1.807) is 49.9 Å². The van der Waals surface area contributed by atoms with Gasteiger partial charge in [0.15, 0.2) is 11.1 Å². The maximum absolute atomic E-state index is 13.0. The van der Waals surface area contributed by atoms with E-state index in [0.29, 0.717) is 24.5 Å². The Morgan fingerprint density at radius 3 is 2.50 bits per heavy atom. The summed E-state index contributed by atoms with van der Waals surface area (Å²) in [6.45, 7) is 6.32. The second-order valence-corrected chi connectivity index (χ2v) is 9.63. The Morgan fingerprint density at radius 2 is 1.91 bits per heavy atom. The number of anilines is 2. The van der Waals surface area contributed by atoms with Crippen LogP contribution in [-0.2, 0) is 34.3 Å². The summed E-state index contributed by atoms with van der Waals surface area (Å²) in [7, 11) is 0. The van der Waals surface area contributed by atoms with Crippen molar-refractivity contribution >= 4 is 40.4 Å². The highest BCUT2D eigenvalue weighted by molar-refractivity contribution is 7.79. The minimum atomic E-state index is -1.53. The lowest BCUT2D eigenvalue weighted by Crippen LogP contribution is -2.45. The zero-order valence-electron chi connectivity index (χ0n) is 18.7. The fourth-order valence-electron chi connectivity index (χ4n) is 3.57. The molecule has 0 saturated carbocycles. The lowest BCUT2D eigenvalue weighted by molar-refractivity contribution is -0.125. The molecule has 2 saturated heterocycles. The first-order chi connectivity index (χ1) is 15.0. The normalized spacial score (nSPS) is 22.6. The third kappa shape index (κ3) is 6.27. The monoisotopic (exact) mass is 467 g/mol. The van der Waals surface area contributed by atoms with Gasteiger partial charge < -0.3 is 19.7 Å². The first kappa shape index (κ1) is 24.1. The molecule has 0 aliphatic carbocycles. The molecule has 11 heteroatoms. The maximum atomic E-state index is 13.0. The molecule has 3 unspecified atom stereocenters. The zero-order valence-corrected chi connectivity index (χ0v) is 19.5. The van der Waals surface area contributed by atoms with E-state index in [1.807, 2.05) is 0 Å². The van der Waals surface area contributed by atoms with E-state index in [9.17, 15) is 18.6 Å². The molecule has 2 aliphatic rings. The summed E-state index contributed by atoms with van der Waals surface area (Å²) in [5.74, 6) is -0.523. The van der Waals surface area contributed by atoms with Crippen LogP contribution in [0.2, 0.25) is 0 Å². The topological polar surface area (TPSA) is 114 Å². The number of nitrogens with one attached hydrogen (secondary N) is 1. The van der Waals surface area contributed by atoms with Crippen molar-refractivity contribution in [2.75, 3.05) is 42.8 Å². The van der Waals surface area contributed by atoms with Crippen molar-refractivity contribution in [3.05, 3.63) is 24.3 Å². The summed E-state index contributed by atoms with van der Waals surface area (Å²) in [6, 6.07) is 6.03. The number of hydrogen-bond acceptors (Lipinski definition) is 7. The van der Waals surface area contributed by atoms with Crippen LogP contribution in [0.4, 0.5) is 16.2 Å². The molecule has 1 N–H and O–H groups in total. The summed E-state index contributed by atoms with van der Waals surface area (Å²) in [4.78, 5) is 40.6. The number of benzene rings is 1. The molecule has 2 heterocycles. The molecule has 3 atom stereocenters. The second kappa shape index (κ2) is 9.97. The Balaban J connectivity index is 1.69. The number of likely N-dealkylation sites (tertiary alicyclic amines) is 1. The summed E-state index contributed by atoms with van der Waals surface area (Å²) in [5.41, 5.74) is 0.510. The first-order valence-electron chi connectivity index (χ1n) is 10.3.